The topological polar surface area (TPSA) is 71.4 Å². The largest absolute Gasteiger partial charge is 0.513 e. The van der Waals surface area contributed by atoms with Gasteiger partial charge in [-0.1, -0.05) is 0 Å². The third-order valence-electron chi connectivity index (χ3n) is 3.92. The van der Waals surface area contributed by atoms with Crippen molar-refractivity contribution in [3.63, 3.8) is 0 Å². The maximum absolute atomic E-state index is 11.5. The van der Waals surface area contributed by atoms with Gasteiger partial charge in [-0.3, -0.25) is 0 Å². The van der Waals surface area contributed by atoms with Crippen molar-refractivity contribution in [3.8, 4) is 0 Å². The summed E-state index contributed by atoms with van der Waals surface area (Å²) in [6, 6.07) is 0. The minimum atomic E-state index is -3.05. The lowest BCUT2D eigenvalue weighted by Gasteiger charge is -2.47. The number of carbonyl (C=O) groups is 1. The monoisotopic (exact) mass is 264 g/mol. The summed E-state index contributed by atoms with van der Waals surface area (Å²) in [6.07, 6.45) is 1.24. The van der Waals surface area contributed by atoms with E-state index in [-0.39, 0.29) is 9.73 Å². The van der Waals surface area contributed by atoms with Gasteiger partial charge in [0, 0.05) is 19.1 Å². The summed E-state index contributed by atoms with van der Waals surface area (Å²) in [5, 5.41) is 9.06. The molecular formula is C11H22NO4S+. The van der Waals surface area contributed by atoms with Crippen LogP contribution in [-0.2, 0) is 9.84 Å². The van der Waals surface area contributed by atoms with E-state index in [2.05, 4.69) is 0 Å². The van der Waals surface area contributed by atoms with E-state index in [0.29, 0.717) is 25.9 Å². The van der Waals surface area contributed by atoms with Gasteiger partial charge in [-0.15, -0.1) is 0 Å². The molecule has 0 unspecified atom stereocenters. The first-order valence-corrected chi connectivity index (χ1v) is 7.76. The molecule has 1 fully saturated rings. The van der Waals surface area contributed by atoms with E-state index >= 15 is 0 Å². The second-order valence-corrected chi connectivity index (χ2v) is 8.22. The van der Waals surface area contributed by atoms with Gasteiger partial charge in [0.15, 0.2) is 9.84 Å². The fourth-order valence-corrected chi connectivity index (χ4v) is 3.63. The summed E-state index contributed by atoms with van der Waals surface area (Å²) in [4.78, 5) is 11.5. The van der Waals surface area contributed by atoms with Gasteiger partial charge in [0.2, 0.25) is 0 Å². The van der Waals surface area contributed by atoms with Crippen molar-refractivity contribution in [1.82, 2.24) is 0 Å². The Balaban J connectivity index is 2.94. The summed E-state index contributed by atoms with van der Waals surface area (Å²) in [7, 11) is -3.05. The van der Waals surface area contributed by atoms with Crippen LogP contribution >= 0.6 is 0 Å². The highest BCUT2D eigenvalue weighted by molar-refractivity contribution is 7.91. The first-order chi connectivity index (χ1) is 7.51. The molecule has 0 radical (unpaired) electrons. The van der Waals surface area contributed by atoms with Crippen molar-refractivity contribution in [2.75, 3.05) is 19.3 Å². The average molecular weight is 264 g/mol. The number of rotatable bonds is 1. The Morgan fingerprint density at radius 3 is 1.88 bits per heavy atom. The molecule has 0 aliphatic carbocycles. The lowest BCUT2D eigenvalue weighted by atomic mass is 9.96. The third-order valence-corrected chi connectivity index (χ3v) is 5.60. The van der Waals surface area contributed by atoms with E-state index in [4.69, 9.17) is 0 Å². The van der Waals surface area contributed by atoms with E-state index in [9.17, 15) is 18.3 Å². The Morgan fingerprint density at radius 2 is 1.65 bits per heavy atom. The molecular weight excluding hydrogens is 242 g/mol. The first-order valence-electron chi connectivity index (χ1n) is 5.80. The number of nitrogens with zero attached hydrogens (tertiary/aromatic N) is 1. The molecule has 0 aromatic rings. The van der Waals surface area contributed by atoms with E-state index in [1.807, 2.05) is 20.8 Å². The molecule has 1 rings (SSSR count). The molecule has 0 saturated carbocycles. The Hall–Kier alpha value is -0.620. The molecule has 0 aromatic heterocycles. The molecule has 0 atom stereocenters. The van der Waals surface area contributed by atoms with Gasteiger partial charge in [-0.05, 0) is 20.8 Å². The normalized spacial score (nSPS) is 31.2. The minimum absolute atomic E-state index is 0.0426. The van der Waals surface area contributed by atoms with Crippen molar-refractivity contribution in [2.24, 2.45) is 0 Å². The van der Waals surface area contributed by atoms with Gasteiger partial charge >= 0.3 is 6.09 Å². The van der Waals surface area contributed by atoms with Crippen molar-refractivity contribution in [1.29, 1.82) is 0 Å². The fourth-order valence-electron chi connectivity index (χ4n) is 2.56. The van der Waals surface area contributed by atoms with E-state index in [1.165, 1.54) is 6.26 Å². The van der Waals surface area contributed by atoms with Crippen molar-refractivity contribution in [3.05, 3.63) is 0 Å². The predicted molar refractivity (Wildman–Crippen MR) is 65.6 cm³/mol. The van der Waals surface area contributed by atoms with Crippen LogP contribution in [0.1, 0.15) is 33.6 Å². The SMILES string of the molecule is CC(C)(C)[N+]1(C(=O)O)CCC(S(C)(=O)=O)CC1. The summed E-state index contributed by atoms with van der Waals surface area (Å²) in [5.74, 6) is 0. The number of carboxylic acid groups (broad SMARTS) is 1. The molecule has 1 N–H and O–H groups in total. The number of amides is 1. The Bertz CT molecular complexity index is 400. The molecule has 0 aromatic carbocycles. The highest BCUT2D eigenvalue weighted by Crippen LogP contribution is 2.32. The van der Waals surface area contributed by atoms with Crippen LogP contribution in [0.25, 0.3) is 0 Å². The van der Waals surface area contributed by atoms with Gasteiger partial charge < -0.3 is 5.11 Å². The van der Waals surface area contributed by atoms with Gasteiger partial charge in [0.25, 0.3) is 0 Å². The maximum atomic E-state index is 11.5. The Labute approximate surface area is 103 Å². The van der Waals surface area contributed by atoms with E-state index in [1.54, 1.807) is 0 Å². The molecule has 6 heteroatoms. The minimum Gasteiger partial charge on any atom is -0.435 e. The summed E-state index contributed by atoms with van der Waals surface area (Å²) < 4.78 is 22.9. The lowest BCUT2D eigenvalue weighted by molar-refractivity contribution is -0.907. The number of piperidine rings is 1. The summed E-state index contributed by atoms with van der Waals surface area (Å²) in [5.41, 5.74) is -0.408. The predicted octanol–water partition coefficient (Wildman–Crippen LogP) is 1.49. The van der Waals surface area contributed by atoms with Crippen LogP contribution in [0, 0.1) is 0 Å². The number of hydrogen-bond acceptors (Lipinski definition) is 3. The van der Waals surface area contributed by atoms with Crippen molar-refractivity contribution >= 4 is 15.9 Å². The van der Waals surface area contributed by atoms with E-state index in [0.717, 1.165) is 0 Å². The number of sulfone groups is 1. The molecule has 5 nitrogen and oxygen atoms in total. The second kappa shape index (κ2) is 4.24. The van der Waals surface area contributed by atoms with Gasteiger partial charge in [-0.2, -0.15) is 4.79 Å². The molecule has 1 aliphatic heterocycles. The second-order valence-electron chi connectivity index (χ2n) is 5.90. The van der Waals surface area contributed by atoms with Crippen molar-refractivity contribution in [2.45, 2.75) is 44.4 Å². The molecule has 0 bridgehead atoms. The molecule has 1 saturated heterocycles. The quantitative estimate of drug-likeness (QED) is 0.728. The maximum Gasteiger partial charge on any atom is 0.513 e. The smallest absolute Gasteiger partial charge is 0.435 e. The van der Waals surface area contributed by atoms with Crippen LogP contribution in [-0.4, -0.2) is 54.2 Å². The molecule has 17 heavy (non-hydrogen) atoms. The standard InChI is InChI=1S/C11H21NO4S/c1-11(2,3)12(10(13)14)7-5-9(6-8-12)17(4,15)16/h9H,5-8H2,1-4H3/p+1. The zero-order chi connectivity index (χ0) is 13.5. The van der Waals surface area contributed by atoms with Crippen LogP contribution in [0.4, 0.5) is 4.79 Å². The van der Waals surface area contributed by atoms with Crippen LogP contribution in [0.15, 0.2) is 0 Å². The van der Waals surface area contributed by atoms with Crippen LogP contribution in [0.5, 0.6) is 0 Å². The Kier molecular flexibility index (Phi) is 3.60. The van der Waals surface area contributed by atoms with Crippen molar-refractivity contribution < 1.29 is 22.8 Å². The molecule has 0 spiro atoms. The van der Waals surface area contributed by atoms with Crippen LogP contribution in [0.3, 0.4) is 0 Å². The molecule has 1 aliphatic rings. The number of likely N-dealkylation sites (tertiary alicyclic amines) is 1. The first kappa shape index (κ1) is 14.4. The van der Waals surface area contributed by atoms with Crippen LogP contribution < -0.4 is 0 Å². The zero-order valence-electron chi connectivity index (χ0n) is 10.9. The van der Waals surface area contributed by atoms with Gasteiger partial charge in [0.05, 0.1) is 18.3 Å². The fraction of sp³-hybridized carbons (Fsp3) is 0.909. The summed E-state index contributed by atoms with van der Waals surface area (Å²) >= 11 is 0. The average Bonchev–Trinajstić information content (AvgIpc) is 2.14. The number of quaternary nitrogens is 1. The number of hydrogen-bond donors (Lipinski definition) is 1. The van der Waals surface area contributed by atoms with E-state index < -0.39 is 21.5 Å². The van der Waals surface area contributed by atoms with Gasteiger partial charge in [0.1, 0.15) is 5.54 Å². The molecule has 100 valence electrons. The lowest BCUT2D eigenvalue weighted by Crippen LogP contribution is -2.66. The zero-order valence-corrected chi connectivity index (χ0v) is 11.7. The summed E-state index contributed by atoms with van der Waals surface area (Å²) in [6.45, 7) is 6.44. The molecule has 1 heterocycles. The van der Waals surface area contributed by atoms with Crippen LogP contribution in [0.2, 0.25) is 0 Å². The van der Waals surface area contributed by atoms with Gasteiger partial charge in [-0.25, -0.2) is 12.9 Å². The highest BCUT2D eigenvalue weighted by Gasteiger charge is 2.51. The highest BCUT2D eigenvalue weighted by atomic mass is 32.2. The third kappa shape index (κ3) is 2.63. The molecule has 1 amide bonds. The Morgan fingerprint density at radius 1 is 1.24 bits per heavy atom.